The molecule has 2 nitrogen and oxygen atoms in total. The molecule has 10 heavy (non-hydrogen) atoms. The molecular weight excluding hydrogens is 126 g/mol. The van der Waals surface area contributed by atoms with E-state index in [9.17, 15) is 0 Å². The molecule has 1 aromatic carbocycles. The lowest BCUT2D eigenvalue weighted by Gasteiger charge is -1.99. The van der Waals surface area contributed by atoms with Crippen LogP contribution in [0.1, 0.15) is 12.5 Å². The normalized spacial score (nSPS) is 9.40. The van der Waals surface area contributed by atoms with Crippen LogP contribution in [0.2, 0.25) is 0 Å². The van der Waals surface area contributed by atoms with Crippen LogP contribution in [-0.4, -0.2) is 5.21 Å². The van der Waals surface area contributed by atoms with Crippen molar-refractivity contribution < 1.29 is 5.21 Å². The zero-order chi connectivity index (χ0) is 7.40. The largest absolute Gasteiger partial charge is 0.291 e. The minimum Gasteiger partial charge on any atom is -0.291 e. The quantitative estimate of drug-likeness (QED) is 0.611. The highest BCUT2D eigenvalue weighted by atomic mass is 16.5. The zero-order valence-electron chi connectivity index (χ0n) is 5.96. The van der Waals surface area contributed by atoms with Crippen LogP contribution in [0.5, 0.6) is 0 Å². The molecule has 0 spiro atoms. The smallest absolute Gasteiger partial charge is 0.0604 e. The zero-order valence-corrected chi connectivity index (χ0v) is 5.96. The summed E-state index contributed by atoms with van der Waals surface area (Å²) in [7, 11) is 0. The molecule has 54 valence electrons. The van der Waals surface area contributed by atoms with Gasteiger partial charge in [-0.25, -0.2) is 0 Å². The van der Waals surface area contributed by atoms with Crippen molar-refractivity contribution in [3.05, 3.63) is 29.8 Å². The van der Waals surface area contributed by atoms with E-state index in [2.05, 4.69) is 12.4 Å². The highest BCUT2D eigenvalue weighted by Crippen LogP contribution is 2.09. The molecule has 0 amide bonds. The number of benzene rings is 1. The van der Waals surface area contributed by atoms with E-state index in [-0.39, 0.29) is 0 Å². The lowest BCUT2D eigenvalue weighted by Crippen LogP contribution is -1.89. The average molecular weight is 137 g/mol. The van der Waals surface area contributed by atoms with Crippen molar-refractivity contribution >= 4 is 5.69 Å². The molecule has 0 bridgehead atoms. The van der Waals surface area contributed by atoms with Gasteiger partial charge >= 0.3 is 0 Å². The summed E-state index contributed by atoms with van der Waals surface area (Å²) in [6, 6.07) is 7.68. The second kappa shape index (κ2) is 3.22. The SMILES string of the molecule is CCc1cccc(NO)c1. The van der Waals surface area contributed by atoms with Crippen LogP contribution in [0.3, 0.4) is 0 Å². The minimum atomic E-state index is 0.749. The Morgan fingerprint density at radius 3 is 2.90 bits per heavy atom. The number of hydrogen-bond acceptors (Lipinski definition) is 2. The third kappa shape index (κ3) is 1.48. The first-order valence-corrected chi connectivity index (χ1v) is 3.36. The molecular formula is C8H11NO. The van der Waals surface area contributed by atoms with Crippen molar-refractivity contribution in [3.63, 3.8) is 0 Å². The fourth-order valence-corrected chi connectivity index (χ4v) is 0.861. The lowest BCUT2D eigenvalue weighted by molar-refractivity contribution is 0.389. The van der Waals surface area contributed by atoms with E-state index in [4.69, 9.17) is 5.21 Å². The Kier molecular flexibility index (Phi) is 2.29. The molecule has 0 aliphatic heterocycles. The van der Waals surface area contributed by atoms with E-state index >= 15 is 0 Å². The molecule has 0 aromatic heterocycles. The van der Waals surface area contributed by atoms with Gasteiger partial charge in [0.15, 0.2) is 0 Å². The van der Waals surface area contributed by atoms with Crippen molar-refractivity contribution in [1.29, 1.82) is 0 Å². The predicted molar refractivity (Wildman–Crippen MR) is 41.2 cm³/mol. The van der Waals surface area contributed by atoms with Crippen LogP contribution in [0, 0.1) is 0 Å². The second-order valence-electron chi connectivity index (χ2n) is 2.17. The monoisotopic (exact) mass is 137 g/mol. The minimum absolute atomic E-state index is 0.749. The summed E-state index contributed by atoms with van der Waals surface area (Å²) < 4.78 is 0. The summed E-state index contributed by atoms with van der Waals surface area (Å²) in [5.74, 6) is 0. The maximum Gasteiger partial charge on any atom is 0.0604 e. The molecule has 0 saturated carbocycles. The molecule has 0 aliphatic carbocycles. The highest BCUT2D eigenvalue weighted by molar-refractivity contribution is 5.43. The number of hydrogen-bond donors (Lipinski definition) is 2. The molecule has 1 aromatic rings. The predicted octanol–water partition coefficient (Wildman–Crippen LogP) is 2.05. The third-order valence-corrected chi connectivity index (χ3v) is 1.46. The van der Waals surface area contributed by atoms with Gasteiger partial charge < -0.3 is 0 Å². The lowest BCUT2D eigenvalue weighted by atomic mass is 10.1. The summed E-state index contributed by atoms with van der Waals surface area (Å²) in [5.41, 5.74) is 4.07. The molecule has 2 heteroatoms. The van der Waals surface area contributed by atoms with Gasteiger partial charge in [-0.2, -0.15) is 0 Å². The van der Waals surface area contributed by atoms with Crippen LogP contribution in [-0.2, 0) is 6.42 Å². The van der Waals surface area contributed by atoms with Gasteiger partial charge in [-0.3, -0.25) is 10.7 Å². The van der Waals surface area contributed by atoms with Crippen molar-refractivity contribution in [2.24, 2.45) is 0 Å². The van der Waals surface area contributed by atoms with Gasteiger partial charge in [-0.05, 0) is 24.1 Å². The third-order valence-electron chi connectivity index (χ3n) is 1.46. The summed E-state index contributed by atoms with van der Waals surface area (Å²) in [4.78, 5) is 0. The number of nitrogens with one attached hydrogen (secondary N) is 1. The Balaban J connectivity index is 2.87. The van der Waals surface area contributed by atoms with Crippen LogP contribution < -0.4 is 5.48 Å². The van der Waals surface area contributed by atoms with Gasteiger partial charge in [0.1, 0.15) is 0 Å². The molecule has 0 heterocycles. The van der Waals surface area contributed by atoms with Crippen molar-refractivity contribution in [2.75, 3.05) is 5.48 Å². The van der Waals surface area contributed by atoms with E-state index in [1.165, 1.54) is 5.56 Å². The van der Waals surface area contributed by atoms with Crippen molar-refractivity contribution in [1.82, 2.24) is 0 Å². The van der Waals surface area contributed by atoms with Crippen LogP contribution in [0.25, 0.3) is 0 Å². The van der Waals surface area contributed by atoms with Crippen molar-refractivity contribution in [3.8, 4) is 0 Å². The molecule has 0 atom stereocenters. The average Bonchev–Trinajstić information content (AvgIpc) is 2.05. The number of anilines is 1. The summed E-state index contributed by atoms with van der Waals surface area (Å²) in [6.45, 7) is 2.08. The summed E-state index contributed by atoms with van der Waals surface area (Å²) in [5, 5.41) is 8.51. The van der Waals surface area contributed by atoms with Crippen LogP contribution in [0.4, 0.5) is 5.69 Å². The molecule has 1 rings (SSSR count). The first-order valence-electron chi connectivity index (χ1n) is 3.36. The maximum absolute atomic E-state index is 8.51. The van der Waals surface area contributed by atoms with Crippen molar-refractivity contribution in [2.45, 2.75) is 13.3 Å². The van der Waals surface area contributed by atoms with E-state index in [0.717, 1.165) is 12.1 Å². The Morgan fingerprint density at radius 1 is 1.50 bits per heavy atom. The molecule has 0 saturated heterocycles. The standard InChI is InChI=1S/C8H11NO/c1-2-7-4-3-5-8(6-7)9-10/h3-6,9-10H,2H2,1H3. The van der Waals surface area contributed by atoms with E-state index in [1.807, 2.05) is 24.3 Å². The van der Waals surface area contributed by atoms with E-state index < -0.39 is 0 Å². The topological polar surface area (TPSA) is 32.3 Å². The van der Waals surface area contributed by atoms with E-state index in [1.54, 1.807) is 0 Å². The second-order valence-corrected chi connectivity index (χ2v) is 2.17. The number of aryl methyl sites for hydroxylation is 1. The first-order chi connectivity index (χ1) is 4.86. The molecule has 0 aliphatic rings. The molecule has 0 unspecified atom stereocenters. The van der Waals surface area contributed by atoms with Gasteiger partial charge in [0.2, 0.25) is 0 Å². The van der Waals surface area contributed by atoms with Gasteiger partial charge in [-0.1, -0.05) is 19.1 Å². The van der Waals surface area contributed by atoms with Gasteiger partial charge in [0.25, 0.3) is 0 Å². The fraction of sp³-hybridized carbons (Fsp3) is 0.250. The number of rotatable bonds is 2. The Bertz CT molecular complexity index is 191. The van der Waals surface area contributed by atoms with Gasteiger partial charge in [0, 0.05) is 0 Å². The fourth-order valence-electron chi connectivity index (χ4n) is 0.861. The first kappa shape index (κ1) is 7.09. The Morgan fingerprint density at radius 2 is 2.30 bits per heavy atom. The van der Waals surface area contributed by atoms with Gasteiger partial charge in [0.05, 0.1) is 5.69 Å². The summed E-state index contributed by atoms with van der Waals surface area (Å²) in [6.07, 6.45) is 0.996. The Hall–Kier alpha value is -1.02. The Labute approximate surface area is 60.5 Å². The molecule has 0 fully saturated rings. The molecule has 0 radical (unpaired) electrons. The van der Waals surface area contributed by atoms with Crippen LogP contribution >= 0.6 is 0 Å². The van der Waals surface area contributed by atoms with E-state index in [0.29, 0.717) is 0 Å². The summed E-state index contributed by atoms with van der Waals surface area (Å²) >= 11 is 0. The molecule has 2 N–H and O–H groups in total. The van der Waals surface area contributed by atoms with Gasteiger partial charge in [-0.15, -0.1) is 0 Å². The van der Waals surface area contributed by atoms with Crippen LogP contribution in [0.15, 0.2) is 24.3 Å². The highest BCUT2D eigenvalue weighted by Gasteiger charge is 1.89. The maximum atomic E-state index is 8.51.